The Balaban J connectivity index is 2.65. The van der Waals surface area contributed by atoms with E-state index in [1.54, 1.807) is 12.1 Å². The molecule has 0 amide bonds. The van der Waals surface area contributed by atoms with Crippen LogP contribution in [-0.4, -0.2) is 12.3 Å². The number of ketones is 1. The van der Waals surface area contributed by atoms with E-state index in [0.29, 0.717) is 18.5 Å². The van der Waals surface area contributed by atoms with Gasteiger partial charge in [0.1, 0.15) is 11.6 Å². The van der Waals surface area contributed by atoms with Gasteiger partial charge in [0.15, 0.2) is 0 Å². The molecule has 1 rings (SSSR count). The molecule has 0 heterocycles. The highest BCUT2D eigenvalue weighted by Gasteiger charge is 2.11. The van der Waals surface area contributed by atoms with Crippen LogP contribution in [0.5, 0.6) is 0 Å². The van der Waals surface area contributed by atoms with Crippen molar-refractivity contribution < 1.29 is 9.18 Å². The summed E-state index contributed by atoms with van der Waals surface area (Å²) in [6.45, 7) is 2.39. The van der Waals surface area contributed by atoms with Crippen molar-refractivity contribution in [2.75, 3.05) is 6.54 Å². The zero-order valence-electron chi connectivity index (χ0n) is 9.17. The maximum atomic E-state index is 13.4. The highest BCUT2D eigenvalue weighted by molar-refractivity contribution is 9.10. The van der Waals surface area contributed by atoms with Crippen molar-refractivity contribution >= 4 is 21.7 Å². The van der Waals surface area contributed by atoms with Gasteiger partial charge in [-0.1, -0.05) is 22.9 Å². The molecule has 1 aromatic carbocycles. The summed E-state index contributed by atoms with van der Waals surface area (Å²) in [5.41, 5.74) is 5.87. The van der Waals surface area contributed by atoms with Gasteiger partial charge in [-0.05, 0) is 36.2 Å². The second-order valence-electron chi connectivity index (χ2n) is 4.00. The zero-order chi connectivity index (χ0) is 12.1. The Morgan fingerprint density at radius 1 is 1.56 bits per heavy atom. The Kier molecular flexibility index (Phi) is 5.09. The average Bonchev–Trinajstić information content (AvgIpc) is 2.23. The fourth-order valence-electron chi connectivity index (χ4n) is 1.44. The molecule has 2 N–H and O–H groups in total. The van der Waals surface area contributed by atoms with Crippen molar-refractivity contribution in [1.82, 2.24) is 0 Å². The minimum Gasteiger partial charge on any atom is -0.330 e. The maximum Gasteiger partial charge on any atom is 0.137 e. The first-order valence-corrected chi connectivity index (χ1v) is 5.98. The Bertz CT molecular complexity index is 381. The Labute approximate surface area is 103 Å². The minimum atomic E-state index is -0.336. The molecule has 1 aromatic rings. The van der Waals surface area contributed by atoms with Crippen molar-refractivity contribution in [3.63, 3.8) is 0 Å². The molecule has 0 spiro atoms. The molecule has 1 unspecified atom stereocenters. The lowest BCUT2D eigenvalue weighted by molar-refractivity contribution is -0.119. The van der Waals surface area contributed by atoms with E-state index in [0.717, 1.165) is 4.47 Å². The third-order valence-corrected chi connectivity index (χ3v) is 2.87. The van der Waals surface area contributed by atoms with Crippen LogP contribution in [0.3, 0.4) is 0 Å². The van der Waals surface area contributed by atoms with Crippen molar-refractivity contribution in [2.24, 2.45) is 11.7 Å². The van der Waals surface area contributed by atoms with E-state index in [2.05, 4.69) is 15.9 Å². The monoisotopic (exact) mass is 287 g/mol. The van der Waals surface area contributed by atoms with Gasteiger partial charge in [0.25, 0.3) is 0 Å². The molecule has 0 radical (unpaired) electrons. The van der Waals surface area contributed by atoms with Crippen LogP contribution in [0.2, 0.25) is 0 Å². The molecule has 0 aliphatic rings. The summed E-state index contributed by atoms with van der Waals surface area (Å²) in [6, 6.07) is 4.62. The van der Waals surface area contributed by atoms with Crippen LogP contribution in [-0.2, 0) is 11.2 Å². The van der Waals surface area contributed by atoms with E-state index < -0.39 is 0 Å². The van der Waals surface area contributed by atoms with Crippen LogP contribution < -0.4 is 5.73 Å². The predicted octanol–water partition coefficient (Wildman–Crippen LogP) is 2.68. The number of carbonyl (C=O) groups is 1. The van der Waals surface area contributed by atoms with Crippen molar-refractivity contribution in [1.29, 1.82) is 0 Å². The fraction of sp³-hybridized carbons (Fsp3) is 0.417. The van der Waals surface area contributed by atoms with Gasteiger partial charge in [0, 0.05) is 17.3 Å². The number of benzene rings is 1. The van der Waals surface area contributed by atoms with E-state index in [1.807, 2.05) is 6.92 Å². The van der Waals surface area contributed by atoms with Gasteiger partial charge in [-0.25, -0.2) is 4.39 Å². The SMILES string of the molecule is CC(CN)CC(=O)Cc1cc(Br)ccc1F. The van der Waals surface area contributed by atoms with Crippen molar-refractivity contribution in [3.8, 4) is 0 Å². The predicted molar refractivity (Wildman–Crippen MR) is 65.6 cm³/mol. The van der Waals surface area contributed by atoms with Gasteiger partial charge in [-0.3, -0.25) is 4.79 Å². The summed E-state index contributed by atoms with van der Waals surface area (Å²) >= 11 is 3.25. The molecule has 4 heteroatoms. The van der Waals surface area contributed by atoms with Crippen LogP contribution in [0.25, 0.3) is 0 Å². The second-order valence-corrected chi connectivity index (χ2v) is 4.91. The number of halogens is 2. The van der Waals surface area contributed by atoms with Crippen LogP contribution in [0, 0.1) is 11.7 Å². The Morgan fingerprint density at radius 3 is 2.88 bits per heavy atom. The van der Waals surface area contributed by atoms with Crippen molar-refractivity contribution in [2.45, 2.75) is 19.8 Å². The van der Waals surface area contributed by atoms with Gasteiger partial charge in [-0.15, -0.1) is 0 Å². The van der Waals surface area contributed by atoms with Gasteiger partial charge >= 0.3 is 0 Å². The molecule has 0 saturated heterocycles. The summed E-state index contributed by atoms with van der Waals surface area (Å²) in [4.78, 5) is 11.6. The topological polar surface area (TPSA) is 43.1 Å². The number of carbonyl (C=O) groups excluding carboxylic acids is 1. The van der Waals surface area contributed by atoms with Gasteiger partial charge in [-0.2, -0.15) is 0 Å². The number of Topliss-reactive ketones (excluding diaryl/α,β-unsaturated/α-hetero) is 1. The smallest absolute Gasteiger partial charge is 0.137 e. The highest BCUT2D eigenvalue weighted by Crippen LogP contribution is 2.17. The summed E-state index contributed by atoms with van der Waals surface area (Å²) in [5.74, 6) is -0.158. The van der Waals surface area contributed by atoms with E-state index in [4.69, 9.17) is 5.73 Å². The van der Waals surface area contributed by atoms with Crippen LogP contribution >= 0.6 is 15.9 Å². The molecular formula is C12H15BrFNO. The van der Waals surface area contributed by atoms with Crippen LogP contribution in [0.4, 0.5) is 4.39 Å². The van der Waals surface area contributed by atoms with Crippen LogP contribution in [0.1, 0.15) is 18.9 Å². The van der Waals surface area contributed by atoms with E-state index >= 15 is 0 Å². The zero-order valence-corrected chi connectivity index (χ0v) is 10.8. The summed E-state index contributed by atoms with van der Waals surface area (Å²) < 4.78 is 14.1. The Hall–Kier alpha value is -0.740. The number of hydrogen-bond acceptors (Lipinski definition) is 2. The Morgan fingerprint density at radius 2 is 2.25 bits per heavy atom. The molecule has 0 aromatic heterocycles. The largest absolute Gasteiger partial charge is 0.330 e. The molecule has 0 bridgehead atoms. The lowest BCUT2D eigenvalue weighted by atomic mass is 10.00. The first-order valence-electron chi connectivity index (χ1n) is 5.18. The molecule has 0 fully saturated rings. The normalized spacial score (nSPS) is 12.5. The standard InChI is InChI=1S/C12H15BrFNO/c1-8(7-15)4-11(16)6-9-5-10(13)2-3-12(9)14/h2-3,5,8H,4,6-7,15H2,1H3. The first kappa shape index (κ1) is 13.3. The lowest BCUT2D eigenvalue weighted by Crippen LogP contribution is -2.16. The highest BCUT2D eigenvalue weighted by atomic mass is 79.9. The molecule has 0 aliphatic heterocycles. The number of hydrogen-bond donors (Lipinski definition) is 1. The lowest BCUT2D eigenvalue weighted by Gasteiger charge is -2.07. The summed E-state index contributed by atoms with van der Waals surface area (Å²) in [6.07, 6.45) is 0.540. The fourth-order valence-corrected chi connectivity index (χ4v) is 1.84. The number of nitrogens with two attached hydrogens (primary N) is 1. The molecule has 0 aliphatic carbocycles. The van der Waals surface area contributed by atoms with Gasteiger partial charge in [0.05, 0.1) is 0 Å². The van der Waals surface area contributed by atoms with E-state index in [9.17, 15) is 9.18 Å². The maximum absolute atomic E-state index is 13.4. The summed E-state index contributed by atoms with van der Waals surface area (Å²) in [7, 11) is 0. The minimum absolute atomic E-state index is 0.0231. The van der Waals surface area contributed by atoms with Crippen LogP contribution in [0.15, 0.2) is 22.7 Å². The molecule has 0 saturated carbocycles. The third-order valence-electron chi connectivity index (χ3n) is 2.37. The third kappa shape index (κ3) is 4.02. The second kappa shape index (κ2) is 6.11. The molecular weight excluding hydrogens is 273 g/mol. The van der Waals surface area contributed by atoms with Gasteiger partial charge in [0.2, 0.25) is 0 Å². The average molecular weight is 288 g/mol. The number of rotatable bonds is 5. The van der Waals surface area contributed by atoms with Crippen molar-refractivity contribution in [3.05, 3.63) is 34.1 Å². The molecule has 16 heavy (non-hydrogen) atoms. The first-order chi connectivity index (χ1) is 7.52. The van der Waals surface area contributed by atoms with Gasteiger partial charge < -0.3 is 5.73 Å². The quantitative estimate of drug-likeness (QED) is 0.905. The summed E-state index contributed by atoms with van der Waals surface area (Å²) in [5, 5.41) is 0. The molecule has 88 valence electrons. The van der Waals surface area contributed by atoms with E-state index in [1.165, 1.54) is 6.07 Å². The van der Waals surface area contributed by atoms with E-state index in [-0.39, 0.29) is 23.9 Å². The molecule has 1 atom stereocenters. The molecule has 2 nitrogen and oxygen atoms in total.